The summed E-state index contributed by atoms with van der Waals surface area (Å²) >= 11 is 0. The fourth-order valence-corrected chi connectivity index (χ4v) is 4.76. The predicted octanol–water partition coefficient (Wildman–Crippen LogP) is 1.80. The summed E-state index contributed by atoms with van der Waals surface area (Å²) in [7, 11) is -3.55. The molecule has 2 heterocycles. The molecular formula is C16H23ClN4O3S. The number of aromatic nitrogens is 1. The van der Waals surface area contributed by atoms with E-state index in [4.69, 9.17) is 10.3 Å². The van der Waals surface area contributed by atoms with E-state index in [1.54, 1.807) is 13.8 Å². The fraction of sp³-hybridized carbons (Fsp3) is 0.438. The van der Waals surface area contributed by atoms with E-state index in [0.717, 1.165) is 17.8 Å². The first-order chi connectivity index (χ1) is 11.4. The van der Waals surface area contributed by atoms with Crippen molar-refractivity contribution in [3.8, 4) is 0 Å². The minimum atomic E-state index is -3.55. The molecule has 0 aliphatic carbocycles. The van der Waals surface area contributed by atoms with Gasteiger partial charge < -0.3 is 10.3 Å². The normalized spacial score (nSPS) is 16.6. The molecule has 0 spiro atoms. The standard InChI is InChI=1S/C16H22N4O3S.ClH/c1-12-16(13(2)23-18-12)24(21,22)20-8-6-19(7-9-20)11-14-4-3-5-15(17)10-14;/h3-5,10H,6-9,11,17H2,1-2H3;1H. The molecule has 1 aliphatic rings. The third-order valence-corrected chi connectivity index (χ3v) is 6.40. The highest BCUT2D eigenvalue weighted by Crippen LogP contribution is 2.24. The van der Waals surface area contributed by atoms with Crippen LogP contribution in [0.3, 0.4) is 0 Å². The Bertz CT molecular complexity index is 810. The van der Waals surface area contributed by atoms with Crippen molar-refractivity contribution in [3.05, 3.63) is 41.3 Å². The Kier molecular flexibility index (Phi) is 6.10. The highest BCUT2D eigenvalue weighted by Gasteiger charge is 2.33. The van der Waals surface area contributed by atoms with Gasteiger partial charge in [0.05, 0.1) is 0 Å². The molecule has 9 heteroatoms. The quantitative estimate of drug-likeness (QED) is 0.805. The van der Waals surface area contributed by atoms with Gasteiger partial charge in [0.1, 0.15) is 10.6 Å². The second kappa shape index (κ2) is 7.74. The van der Waals surface area contributed by atoms with Crippen LogP contribution in [0.25, 0.3) is 0 Å². The number of sulfonamides is 1. The Morgan fingerprint density at radius 2 is 1.88 bits per heavy atom. The number of nitrogens with two attached hydrogens (primary N) is 1. The first kappa shape index (κ1) is 19.7. The molecule has 1 saturated heterocycles. The first-order valence-electron chi connectivity index (χ1n) is 7.88. The van der Waals surface area contributed by atoms with Crippen molar-refractivity contribution >= 4 is 28.1 Å². The van der Waals surface area contributed by atoms with Crippen LogP contribution in [0.1, 0.15) is 17.0 Å². The summed E-state index contributed by atoms with van der Waals surface area (Å²) < 4.78 is 32.1. The number of rotatable bonds is 4. The number of piperazine rings is 1. The minimum Gasteiger partial charge on any atom is -0.399 e. The van der Waals surface area contributed by atoms with Crippen molar-refractivity contribution < 1.29 is 12.9 Å². The van der Waals surface area contributed by atoms with Crippen molar-refractivity contribution in [1.29, 1.82) is 0 Å². The molecule has 0 amide bonds. The van der Waals surface area contributed by atoms with Gasteiger partial charge in [-0.25, -0.2) is 8.42 Å². The van der Waals surface area contributed by atoms with Crippen molar-refractivity contribution in [2.75, 3.05) is 31.9 Å². The number of halogens is 1. The van der Waals surface area contributed by atoms with Crippen LogP contribution in [0.15, 0.2) is 33.7 Å². The van der Waals surface area contributed by atoms with Crippen LogP contribution >= 0.6 is 12.4 Å². The summed E-state index contributed by atoms with van der Waals surface area (Å²) in [5.74, 6) is 0.342. The molecule has 7 nitrogen and oxygen atoms in total. The average molecular weight is 387 g/mol. The van der Waals surface area contributed by atoms with Crippen LogP contribution in [0.5, 0.6) is 0 Å². The summed E-state index contributed by atoms with van der Waals surface area (Å²) in [5, 5.41) is 3.75. The topological polar surface area (TPSA) is 92.7 Å². The smallest absolute Gasteiger partial charge is 0.248 e. The lowest BCUT2D eigenvalue weighted by molar-refractivity contribution is 0.181. The number of aryl methyl sites for hydroxylation is 2. The fourth-order valence-electron chi connectivity index (χ4n) is 3.05. The molecule has 0 saturated carbocycles. The van der Waals surface area contributed by atoms with E-state index < -0.39 is 10.0 Å². The van der Waals surface area contributed by atoms with Crippen molar-refractivity contribution in [2.24, 2.45) is 0 Å². The number of hydrogen-bond donors (Lipinski definition) is 1. The van der Waals surface area contributed by atoms with Gasteiger partial charge in [0.25, 0.3) is 0 Å². The molecule has 0 unspecified atom stereocenters. The van der Waals surface area contributed by atoms with Crippen molar-refractivity contribution in [2.45, 2.75) is 25.3 Å². The second-order valence-corrected chi connectivity index (χ2v) is 7.95. The van der Waals surface area contributed by atoms with E-state index in [1.165, 1.54) is 4.31 Å². The zero-order valence-corrected chi connectivity index (χ0v) is 15.9. The zero-order valence-electron chi connectivity index (χ0n) is 14.3. The number of hydrogen-bond acceptors (Lipinski definition) is 6. The Hall–Kier alpha value is -1.61. The molecule has 1 aromatic carbocycles. The number of nitrogen functional groups attached to an aromatic ring is 1. The molecule has 138 valence electrons. The van der Waals surface area contributed by atoms with Crippen molar-refractivity contribution in [1.82, 2.24) is 14.4 Å². The Balaban J connectivity index is 0.00000225. The Morgan fingerprint density at radius 3 is 2.44 bits per heavy atom. The lowest BCUT2D eigenvalue weighted by atomic mass is 10.2. The first-order valence-corrected chi connectivity index (χ1v) is 9.32. The highest BCUT2D eigenvalue weighted by atomic mass is 35.5. The van der Waals surface area contributed by atoms with Gasteiger partial charge in [0.2, 0.25) is 10.0 Å². The van der Waals surface area contributed by atoms with Crippen LogP contribution < -0.4 is 5.73 Å². The van der Waals surface area contributed by atoms with E-state index in [9.17, 15) is 8.42 Å². The number of anilines is 1. The van der Waals surface area contributed by atoms with Crippen LogP contribution in [0.2, 0.25) is 0 Å². The largest absolute Gasteiger partial charge is 0.399 e. The van der Waals surface area contributed by atoms with E-state index in [0.29, 0.717) is 37.6 Å². The van der Waals surface area contributed by atoms with Crippen LogP contribution in [0, 0.1) is 13.8 Å². The molecule has 2 aromatic rings. The average Bonchev–Trinajstić information content (AvgIpc) is 2.87. The molecule has 1 aromatic heterocycles. The maximum atomic E-state index is 12.8. The summed E-state index contributed by atoms with van der Waals surface area (Å²) in [5.41, 5.74) is 8.10. The predicted molar refractivity (Wildman–Crippen MR) is 98.1 cm³/mol. The van der Waals surface area contributed by atoms with Gasteiger partial charge in [0, 0.05) is 38.4 Å². The molecule has 1 fully saturated rings. The number of nitrogens with zero attached hydrogens (tertiary/aromatic N) is 3. The molecule has 0 atom stereocenters. The minimum absolute atomic E-state index is 0. The molecular weight excluding hydrogens is 364 g/mol. The molecule has 1 aliphatic heterocycles. The molecule has 25 heavy (non-hydrogen) atoms. The lowest BCUT2D eigenvalue weighted by Gasteiger charge is -2.33. The van der Waals surface area contributed by atoms with E-state index >= 15 is 0 Å². The second-order valence-electron chi connectivity index (χ2n) is 6.08. The molecule has 0 bridgehead atoms. The molecule has 2 N–H and O–H groups in total. The number of benzene rings is 1. The highest BCUT2D eigenvalue weighted by molar-refractivity contribution is 7.89. The Morgan fingerprint density at radius 1 is 1.20 bits per heavy atom. The lowest BCUT2D eigenvalue weighted by Crippen LogP contribution is -2.48. The molecule has 3 rings (SSSR count). The third-order valence-electron chi connectivity index (χ3n) is 4.25. The van der Waals surface area contributed by atoms with Crippen molar-refractivity contribution in [3.63, 3.8) is 0 Å². The van der Waals surface area contributed by atoms with Gasteiger partial charge in [-0.3, -0.25) is 4.90 Å². The SMILES string of the molecule is Cc1noc(C)c1S(=O)(=O)N1CCN(Cc2cccc(N)c2)CC1.Cl. The van der Waals surface area contributed by atoms with E-state index in [1.807, 2.05) is 24.3 Å². The van der Waals surface area contributed by atoms with Crippen LogP contribution in [-0.2, 0) is 16.6 Å². The third kappa shape index (κ3) is 4.14. The van der Waals surface area contributed by atoms with Crippen LogP contribution in [0.4, 0.5) is 5.69 Å². The van der Waals surface area contributed by atoms with E-state index in [2.05, 4.69) is 10.1 Å². The van der Waals surface area contributed by atoms with Gasteiger partial charge in [0.15, 0.2) is 5.76 Å². The summed E-state index contributed by atoms with van der Waals surface area (Å²) in [6.07, 6.45) is 0. The van der Waals surface area contributed by atoms with Gasteiger partial charge in [-0.05, 0) is 31.5 Å². The van der Waals surface area contributed by atoms with Gasteiger partial charge in [-0.1, -0.05) is 17.3 Å². The van der Waals surface area contributed by atoms with Gasteiger partial charge in [-0.2, -0.15) is 4.31 Å². The van der Waals surface area contributed by atoms with E-state index in [-0.39, 0.29) is 17.3 Å². The van der Waals surface area contributed by atoms with Crippen LogP contribution in [-0.4, -0.2) is 49.0 Å². The molecule has 0 radical (unpaired) electrons. The van der Waals surface area contributed by atoms with Gasteiger partial charge >= 0.3 is 0 Å². The maximum absolute atomic E-state index is 12.8. The van der Waals surface area contributed by atoms with Gasteiger partial charge in [-0.15, -0.1) is 12.4 Å². The summed E-state index contributed by atoms with van der Waals surface area (Å²) in [6, 6.07) is 7.77. The Labute approximate surface area is 154 Å². The monoisotopic (exact) mass is 386 g/mol. The summed E-state index contributed by atoms with van der Waals surface area (Å²) in [4.78, 5) is 2.43. The zero-order chi connectivity index (χ0) is 17.3. The summed E-state index contributed by atoms with van der Waals surface area (Å²) in [6.45, 7) is 6.31. The maximum Gasteiger partial charge on any atom is 0.248 e.